The van der Waals surface area contributed by atoms with E-state index in [4.69, 9.17) is 10.5 Å². The van der Waals surface area contributed by atoms with E-state index in [1.54, 1.807) is 7.11 Å². The van der Waals surface area contributed by atoms with Crippen LogP contribution in [0.2, 0.25) is 0 Å². The molecule has 0 amide bonds. The summed E-state index contributed by atoms with van der Waals surface area (Å²) in [6.45, 7) is 5.56. The Morgan fingerprint density at radius 3 is 1.95 bits per heavy atom. The van der Waals surface area contributed by atoms with Gasteiger partial charge in [0.25, 0.3) is 0 Å². The second-order valence-corrected chi connectivity index (χ2v) is 5.18. The fraction of sp³-hybridized carbons (Fsp3) is 0.333. The van der Waals surface area contributed by atoms with Crippen molar-refractivity contribution < 1.29 is 26.5 Å². The van der Waals surface area contributed by atoms with Crippen LogP contribution in [0.5, 0.6) is 0 Å². The Hall–Kier alpha value is -0.609. The summed E-state index contributed by atoms with van der Waals surface area (Å²) in [6.07, 6.45) is 5.93. The molecule has 0 aromatic heterocycles. The number of hydrogen-bond donors (Lipinski definition) is 0. The Morgan fingerprint density at radius 1 is 1.09 bits per heavy atom. The number of nitrogens with one attached hydrogen (secondary N) is 1. The van der Waals surface area contributed by atoms with Gasteiger partial charge in [0.05, 0.1) is 7.11 Å². The first-order valence-electron chi connectivity index (χ1n) is 6.06. The molecule has 0 atom stereocenters. The summed E-state index contributed by atoms with van der Waals surface area (Å²) in [5, 5.41) is 0. The SMILES string of the molecule is CC(C)(C)[NH-].COC1=C(c2ccccc2)C=[C-]C1.[CH3-].[CH3-].[SiH4].[Ti+4]. The topological polar surface area (TPSA) is 33.0 Å². The molecule has 0 saturated heterocycles. The fourth-order valence-electron chi connectivity index (χ4n) is 1.47. The van der Waals surface area contributed by atoms with Crippen LogP contribution in [0.1, 0.15) is 32.8 Å². The van der Waals surface area contributed by atoms with Crippen molar-refractivity contribution in [1.29, 1.82) is 0 Å². The van der Waals surface area contributed by atoms with Gasteiger partial charge in [0.2, 0.25) is 0 Å². The van der Waals surface area contributed by atoms with E-state index in [2.05, 4.69) is 18.2 Å². The molecular formula is C18H31NOSiTi. The Morgan fingerprint density at radius 2 is 1.55 bits per heavy atom. The standard InChI is InChI=1S/C12H11O.C4H10N.2CH3.H4Si.Ti/c1-13-12-9-5-8-11(12)10-6-3-2-4-7-10;1-4(2,3)5;;;;/h2-4,6-8H,9H2,1H3;5H,1-3H3;2*1H3;1H4;/q4*-1;;+4. The van der Waals surface area contributed by atoms with Crippen LogP contribution in [0.15, 0.2) is 42.2 Å². The van der Waals surface area contributed by atoms with Crippen molar-refractivity contribution in [3.63, 3.8) is 0 Å². The molecule has 0 bridgehead atoms. The van der Waals surface area contributed by atoms with Gasteiger partial charge in [-0.25, -0.2) is 6.08 Å². The third-order valence-electron chi connectivity index (χ3n) is 2.14. The molecule has 1 aliphatic rings. The predicted octanol–water partition coefficient (Wildman–Crippen LogP) is 4.09. The zero-order valence-corrected chi connectivity index (χ0v) is 15.6. The largest absolute Gasteiger partial charge is 4.00 e. The Bertz CT molecular complexity index is 430. The van der Waals surface area contributed by atoms with Crippen molar-refractivity contribution >= 4 is 16.5 Å². The van der Waals surface area contributed by atoms with E-state index < -0.39 is 0 Å². The first-order chi connectivity index (χ1) is 8.42. The average molecular weight is 353 g/mol. The normalized spacial score (nSPS) is 11.7. The molecule has 1 N–H and O–H groups in total. The first-order valence-corrected chi connectivity index (χ1v) is 6.06. The average Bonchev–Trinajstić information content (AvgIpc) is 2.76. The molecule has 2 rings (SSSR count). The van der Waals surface area contributed by atoms with Crippen LogP contribution in [0.25, 0.3) is 11.3 Å². The maximum absolute atomic E-state index is 6.94. The molecule has 0 heterocycles. The summed E-state index contributed by atoms with van der Waals surface area (Å²) in [5.41, 5.74) is 9.04. The van der Waals surface area contributed by atoms with Gasteiger partial charge in [0.15, 0.2) is 0 Å². The molecule has 4 heteroatoms. The van der Waals surface area contributed by atoms with E-state index in [-0.39, 0.29) is 53.1 Å². The minimum atomic E-state index is -0.250. The molecule has 0 unspecified atom stereocenters. The van der Waals surface area contributed by atoms with E-state index in [0.29, 0.717) is 0 Å². The molecule has 0 spiro atoms. The van der Waals surface area contributed by atoms with Crippen LogP contribution >= 0.6 is 0 Å². The fourth-order valence-corrected chi connectivity index (χ4v) is 1.47. The molecule has 22 heavy (non-hydrogen) atoms. The van der Waals surface area contributed by atoms with Crippen molar-refractivity contribution in [3.05, 3.63) is 74.4 Å². The third-order valence-corrected chi connectivity index (χ3v) is 2.14. The molecule has 122 valence electrons. The molecule has 0 saturated carbocycles. The van der Waals surface area contributed by atoms with E-state index in [1.807, 2.05) is 45.0 Å². The first kappa shape index (κ1) is 29.4. The summed E-state index contributed by atoms with van der Waals surface area (Å²) >= 11 is 0. The minimum absolute atomic E-state index is 0. The summed E-state index contributed by atoms with van der Waals surface area (Å²) < 4.78 is 5.26. The van der Waals surface area contributed by atoms with Crippen LogP contribution in [-0.2, 0) is 26.5 Å². The monoisotopic (exact) mass is 353 g/mol. The van der Waals surface area contributed by atoms with E-state index >= 15 is 0 Å². The second-order valence-electron chi connectivity index (χ2n) is 5.18. The summed E-state index contributed by atoms with van der Waals surface area (Å²) in [5.74, 6) is 1.01. The van der Waals surface area contributed by atoms with Crippen molar-refractivity contribution in [2.45, 2.75) is 32.7 Å². The maximum Gasteiger partial charge on any atom is 4.00 e. The second kappa shape index (κ2) is 14.0. The summed E-state index contributed by atoms with van der Waals surface area (Å²) in [4.78, 5) is 0. The van der Waals surface area contributed by atoms with Crippen LogP contribution in [0.4, 0.5) is 0 Å². The van der Waals surface area contributed by atoms with Crippen molar-refractivity contribution in [2.24, 2.45) is 0 Å². The molecule has 2 nitrogen and oxygen atoms in total. The van der Waals surface area contributed by atoms with Gasteiger partial charge in [-0.15, -0.1) is 11.1 Å². The maximum atomic E-state index is 6.94. The van der Waals surface area contributed by atoms with Crippen LogP contribution in [-0.4, -0.2) is 23.6 Å². The van der Waals surface area contributed by atoms with E-state index in [9.17, 15) is 0 Å². The van der Waals surface area contributed by atoms with Crippen molar-refractivity contribution in [2.75, 3.05) is 7.11 Å². The molecule has 0 fully saturated rings. The van der Waals surface area contributed by atoms with Gasteiger partial charge < -0.3 is 25.3 Å². The zero-order chi connectivity index (χ0) is 13.6. The zero-order valence-electron chi connectivity index (χ0n) is 14.1. The molecule has 1 aromatic carbocycles. The predicted molar refractivity (Wildman–Crippen MR) is 101 cm³/mol. The van der Waals surface area contributed by atoms with Gasteiger partial charge >= 0.3 is 21.7 Å². The summed E-state index contributed by atoms with van der Waals surface area (Å²) in [6, 6.07) is 10.2. The number of benzene rings is 1. The molecule has 0 aliphatic heterocycles. The van der Waals surface area contributed by atoms with Gasteiger partial charge in [-0.3, -0.25) is 6.08 Å². The molecule has 1 aromatic rings. The molecule has 1 aliphatic carbocycles. The Balaban J connectivity index is -0.000000161. The van der Waals surface area contributed by atoms with Gasteiger partial charge in [-0.1, -0.05) is 63.1 Å². The van der Waals surface area contributed by atoms with Crippen LogP contribution < -0.4 is 0 Å². The number of methoxy groups -OCH3 is 1. The molecular weight excluding hydrogens is 322 g/mol. The van der Waals surface area contributed by atoms with E-state index in [1.165, 1.54) is 5.56 Å². The number of rotatable bonds is 2. The van der Waals surface area contributed by atoms with E-state index in [0.717, 1.165) is 17.8 Å². The Labute approximate surface area is 157 Å². The third kappa shape index (κ3) is 12.0. The van der Waals surface area contributed by atoms with Crippen LogP contribution in [0.3, 0.4) is 0 Å². The quantitative estimate of drug-likeness (QED) is 0.582. The Kier molecular flexibility index (Phi) is 18.7. The minimum Gasteiger partial charge on any atom is -0.673 e. The smallest absolute Gasteiger partial charge is 0.673 e. The number of hydrogen-bond acceptors (Lipinski definition) is 1. The number of ether oxygens (including phenoxy) is 1. The molecule has 0 radical (unpaired) electrons. The van der Waals surface area contributed by atoms with Crippen molar-refractivity contribution in [3.8, 4) is 0 Å². The van der Waals surface area contributed by atoms with Gasteiger partial charge in [0, 0.05) is 5.76 Å². The van der Waals surface area contributed by atoms with Gasteiger partial charge in [0.1, 0.15) is 0 Å². The summed E-state index contributed by atoms with van der Waals surface area (Å²) in [7, 11) is 1.71. The van der Waals surface area contributed by atoms with Gasteiger partial charge in [-0.05, 0) is 11.0 Å². The number of allylic oxidation sites excluding steroid dienone is 3. The van der Waals surface area contributed by atoms with Crippen LogP contribution in [0, 0.1) is 20.9 Å². The van der Waals surface area contributed by atoms with Gasteiger partial charge in [-0.2, -0.15) is 0 Å². The van der Waals surface area contributed by atoms with Crippen molar-refractivity contribution in [1.82, 2.24) is 0 Å².